The summed E-state index contributed by atoms with van der Waals surface area (Å²) in [6.45, 7) is 4.66. The zero-order valence-electron chi connectivity index (χ0n) is 11.1. The van der Waals surface area contributed by atoms with Gasteiger partial charge in [-0.15, -0.1) is 0 Å². The number of anilines is 1. The van der Waals surface area contributed by atoms with E-state index in [-0.39, 0.29) is 18.6 Å². The fraction of sp³-hybridized carbons (Fsp3) is 0.500. The van der Waals surface area contributed by atoms with Gasteiger partial charge in [0.2, 0.25) is 5.91 Å². The number of nitrogen functional groups attached to an aromatic ring is 1. The van der Waals surface area contributed by atoms with Crippen LogP contribution < -0.4 is 5.73 Å². The Morgan fingerprint density at radius 1 is 1.44 bits per heavy atom. The lowest BCUT2D eigenvalue weighted by Gasteiger charge is -2.26. The fourth-order valence-corrected chi connectivity index (χ4v) is 1.89. The van der Waals surface area contributed by atoms with Crippen LogP contribution in [0.5, 0.6) is 0 Å². The van der Waals surface area contributed by atoms with Gasteiger partial charge in [0.15, 0.2) is 0 Å². The van der Waals surface area contributed by atoms with Gasteiger partial charge in [0.25, 0.3) is 0 Å². The fourth-order valence-electron chi connectivity index (χ4n) is 1.89. The van der Waals surface area contributed by atoms with Gasteiger partial charge in [0, 0.05) is 24.9 Å². The number of hydrogen-bond donors (Lipinski definition) is 2. The molecule has 3 N–H and O–H groups in total. The van der Waals surface area contributed by atoms with E-state index in [2.05, 4.69) is 0 Å². The van der Waals surface area contributed by atoms with E-state index in [4.69, 9.17) is 10.8 Å². The second-order valence-corrected chi connectivity index (χ2v) is 4.68. The number of amides is 1. The highest BCUT2D eigenvalue weighted by Crippen LogP contribution is 2.10. The van der Waals surface area contributed by atoms with Crippen molar-refractivity contribution >= 4 is 11.6 Å². The minimum Gasteiger partial charge on any atom is -0.399 e. The van der Waals surface area contributed by atoms with Gasteiger partial charge in [-0.1, -0.05) is 12.1 Å². The molecule has 0 aliphatic carbocycles. The van der Waals surface area contributed by atoms with E-state index in [1.807, 2.05) is 32.0 Å². The summed E-state index contributed by atoms with van der Waals surface area (Å²) in [5.41, 5.74) is 7.29. The average molecular weight is 250 g/mol. The van der Waals surface area contributed by atoms with Crippen LogP contribution in [0.2, 0.25) is 0 Å². The molecule has 4 heteroatoms. The molecular formula is C14H22N2O2. The van der Waals surface area contributed by atoms with Crippen molar-refractivity contribution in [1.82, 2.24) is 4.90 Å². The summed E-state index contributed by atoms with van der Waals surface area (Å²) in [4.78, 5) is 14.0. The molecular weight excluding hydrogens is 228 g/mol. The molecule has 0 bridgehead atoms. The number of benzene rings is 1. The molecule has 0 aliphatic rings. The predicted molar refractivity (Wildman–Crippen MR) is 73.1 cm³/mol. The number of aliphatic hydroxyl groups is 1. The largest absolute Gasteiger partial charge is 0.399 e. The SMILES string of the molecule is CC(C)N(CCCO)C(=O)Cc1cccc(N)c1. The molecule has 1 aromatic carbocycles. The van der Waals surface area contributed by atoms with Gasteiger partial charge >= 0.3 is 0 Å². The van der Waals surface area contributed by atoms with E-state index in [0.29, 0.717) is 25.1 Å². The number of carbonyl (C=O) groups is 1. The molecule has 0 saturated carbocycles. The van der Waals surface area contributed by atoms with Gasteiger partial charge in [0.1, 0.15) is 0 Å². The van der Waals surface area contributed by atoms with Crippen molar-refractivity contribution in [2.45, 2.75) is 32.7 Å². The molecule has 0 unspecified atom stereocenters. The monoisotopic (exact) mass is 250 g/mol. The Bertz CT molecular complexity index is 391. The molecule has 0 atom stereocenters. The first-order valence-electron chi connectivity index (χ1n) is 6.29. The second kappa shape index (κ2) is 7.01. The van der Waals surface area contributed by atoms with Crippen LogP contribution in [0.25, 0.3) is 0 Å². The molecule has 1 amide bonds. The Labute approximate surface area is 108 Å². The van der Waals surface area contributed by atoms with Gasteiger partial charge in [-0.3, -0.25) is 4.79 Å². The quantitative estimate of drug-likeness (QED) is 0.751. The molecule has 0 saturated heterocycles. The Balaban J connectivity index is 2.66. The van der Waals surface area contributed by atoms with Crippen LogP contribution in [0.15, 0.2) is 24.3 Å². The van der Waals surface area contributed by atoms with E-state index < -0.39 is 0 Å². The third-order valence-corrected chi connectivity index (χ3v) is 2.81. The summed E-state index contributed by atoms with van der Waals surface area (Å²) >= 11 is 0. The lowest BCUT2D eigenvalue weighted by molar-refractivity contribution is -0.132. The van der Waals surface area contributed by atoms with Crippen molar-refractivity contribution in [1.29, 1.82) is 0 Å². The molecule has 100 valence electrons. The van der Waals surface area contributed by atoms with E-state index >= 15 is 0 Å². The third-order valence-electron chi connectivity index (χ3n) is 2.81. The Kier molecular flexibility index (Phi) is 5.65. The van der Waals surface area contributed by atoms with Crippen molar-refractivity contribution in [2.75, 3.05) is 18.9 Å². The summed E-state index contributed by atoms with van der Waals surface area (Å²) in [6.07, 6.45) is 0.968. The van der Waals surface area contributed by atoms with E-state index in [1.165, 1.54) is 0 Å². The summed E-state index contributed by atoms with van der Waals surface area (Å²) in [6, 6.07) is 7.53. The highest BCUT2D eigenvalue weighted by molar-refractivity contribution is 5.79. The Hall–Kier alpha value is -1.55. The number of aliphatic hydroxyl groups excluding tert-OH is 1. The van der Waals surface area contributed by atoms with E-state index in [1.54, 1.807) is 11.0 Å². The summed E-state index contributed by atoms with van der Waals surface area (Å²) in [5.74, 6) is 0.0732. The van der Waals surface area contributed by atoms with Gasteiger partial charge in [-0.25, -0.2) is 0 Å². The van der Waals surface area contributed by atoms with Crippen molar-refractivity contribution < 1.29 is 9.90 Å². The lowest BCUT2D eigenvalue weighted by atomic mass is 10.1. The molecule has 0 radical (unpaired) electrons. The molecule has 0 heterocycles. The van der Waals surface area contributed by atoms with Gasteiger partial charge in [-0.05, 0) is 38.0 Å². The number of hydrogen-bond acceptors (Lipinski definition) is 3. The van der Waals surface area contributed by atoms with Crippen LogP contribution in [-0.4, -0.2) is 35.1 Å². The standard InChI is InChI=1S/C14H22N2O2/c1-11(2)16(7-4-8-17)14(18)10-12-5-3-6-13(15)9-12/h3,5-6,9,11,17H,4,7-8,10,15H2,1-2H3. The van der Waals surface area contributed by atoms with Crippen molar-refractivity contribution in [2.24, 2.45) is 0 Å². The normalized spacial score (nSPS) is 10.7. The minimum atomic E-state index is 0.0732. The molecule has 18 heavy (non-hydrogen) atoms. The highest BCUT2D eigenvalue weighted by Gasteiger charge is 2.16. The predicted octanol–water partition coefficient (Wildman–Crippen LogP) is 1.43. The number of rotatable bonds is 6. The number of nitrogens with zero attached hydrogens (tertiary/aromatic N) is 1. The van der Waals surface area contributed by atoms with E-state index in [9.17, 15) is 4.79 Å². The first-order valence-corrected chi connectivity index (χ1v) is 6.29. The third kappa shape index (κ3) is 4.37. The van der Waals surface area contributed by atoms with Crippen molar-refractivity contribution in [3.63, 3.8) is 0 Å². The summed E-state index contributed by atoms with van der Waals surface area (Å²) in [5, 5.41) is 8.85. The topological polar surface area (TPSA) is 66.6 Å². The molecule has 0 fully saturated rings. The Morgan fingerprint density at radius 2 is 2.17 bits per heavy atom. The number of carbonyl (C=O) groups excluding carboxylic acids is 1. The van der Waals surface area contributed by atoms with E-state index in [0.717, 1.165) is 5.56 Å². The van der Waals surface area contributed by atoms with Gasteiger partial charge < -0.3 is 15.7 Å². The molecule has 0 aromatic heterocycles. The molecule has 0 aliphatic heterocycles. The first kappa shape index (κ1) is 14.5. The minimum absolute atomic E-state index is 0.0732. The maximum absolute atomic E-state index is 12.2. The lowest BCUT2D eigenvalue weighted by Crippen LogP contribution is -2.39. The summed E-state index contributed by atoms with van der Waals surface area (Å²) in [7, 11) is 0. The zero-order valence-corrected chi connectivity index (χ0v) is 11.1. The zero-order chi connectivity index (χ0) is 13.5. The average Bonchev–Trinajstić information content (AvgIpc) is 2.29. The molecule has 4 nitrogen and oxygen atoms in total. The maximum Gasteiger partial charge on any atom is 0.227 e. The maximum atomic E-state index is 12.2. The van der Waals surface area contributed by atoms with Crippen LogP contribution in [0.1, 0.15) is 25.8 Å². The first-order chi connectivity index (χ1) is 8.54. The second-order valence-electron chi connectivity index (χ2n) is 4.68. The van der Waals surface area contributed by atoms with Crippen molar-refractivity contribution in [3.05, 3.63) is 29.8 Å². The van der Waals surface area contributed by atoms with Crippen molar-refractivity contribution in [3.8, 4) is 0 Å². The number of nitrogens with two attached hydrogens (primary N) is 1. The molecule has 0 spiro atoms. The summed E-state index contributed by atoms with van der Waals surface area (Å²) < 4.78 is 0. The van der Waals surface area contributed by atoms with Gasteiger partial charge in [0.05, 0.1) is 6.42 Å². The van der Waals surface area contributed by atoms with Crippen LogP contribution >= 0.6 is 0 Å². The highest BCUT2D eigenvalue weighted by atomic mass is 16.3. The van der Waals surface area contributed by atoms with Gasteiger partial charge in [-0.2, -0.15) is 0 Å². The van der Waals surface area contributed by atoms with Crippen LogP contribution in [0.4, 0.5) is 5.69 Å². The molecule has 1 aromatic rings. The smallest absolute Gasteiger partial charge is 0.227 e. The molecule has 1 rings (SSSR count). The van der Waals surface area contributed by atoms with Crippen LogP contribution in [0.3, 0.4) is 0 Å². The van der Waals surface area contributed by atoms with Crippen LogP contribution in [-0.2, 0) is 11.2 Å². The van der Waals surface area contributed by atoms with Crippen LogP contribution in [0, 0.1) is 0 Å². The Morgan fingerprint density at radius 3 is 2.72 bits per heavy atom.